The predicted molar refractivity (Wildman–Crippen MR) is 85.1 cm³/mol. The van der Waals surface area contributed by atoms with Crippen molar-refractivity contribution in [3.8, 4) is 0 Å². The number of nitro groups is 1. The van der Waals surface area contributed by atoms with Crippen LogP contribution in [-0.4, -0.2) is 24.8 Å². The Labute approximate surface area is 126 Å². The van der Waals surface area contributed by atoms with Crippen LogP contribution in [-0.2, 0) is 0 Å². The number of anilines is 1. The molecule has 1 heterocycles. The average molecular weight is 302 g/mol. The molecule has 1 aromatic carbocycles. The molecule has 0 bridgehead atoms. The fraction of sp³-hybridized carbons (Fsp3) is 0.133. The van der Waals surface area contributed by atoms with E-state index >= 15 is 0 Å². The highest BCUT2D eigenvalue weighted by Crippen LogP contribution is 2.24. The number of carbonyl (C=O) groups excluding carboxylic acids is 1. The van der Waals surface area contributed by atoms with Crippen molar-refractivity contribution in [2.75, 3.05) is 19.0 Å². The zero-order valence-corrected chi connectivity index (χ0v) is 12.5. The molecule has 0 fully saturated rings. The van der Waals surface area contributed by atoms with E-state index in [0.29, 0.717) is 4.88 Å². The first-order chi connectivity index (χ1) is 9.97. The highest BCUT2D eigenvalue weighted by atomic mass is 32.1. The Morgan fingerprint density at radius 1 is 1.19 bits per heavy atom. The summed E-state index contributed by atoms with van der Waals surface area (Å²) in [5.74, 6) is -0.232. The van der Waals surface area contributed by atoms with E-state index in [1.54, 1.807) is 6.08 Å². The van der Waals surface area contributed by atoms with Gasteiger partial charge < -0.3 is 4.90 Å². The van der Waals surface area contributed by atoms with Gasteiger partial charge in [0.15, 0.2) is 5.78 Å². The number of ketones is 1. The van der Waals surface area contributed by atoms with E-state index in [9.17, 15) is 14.9 Å². The first kappa shape index (κ1) is 14.9. The summed E-state index contributed by atoms with van der Waals surface area (Å²) in [7, 11) is 3.91. The normalized spacial score (nSPS) is 10.8. The van der Waals surface area contributed by atoms with Crippen LogP contribution in [0.5, 0.6) is 0 Å². The zero-order chi connectivity index (χ0) is 15.4. The fourth-order valence-electron chi connectivity index (χ4n) is 1.70. The molecule has 2 aromatic rings. The molecule has 0 aliphatic carbocycles. The number of allylic oxidation sites excluding steroid dienone is 1. The second-order valence-electron chi connectivity index (χ2n) is 4.58. The predicted octanol–water partition coefficient (Wildman–Crippen LogP) is 3.62. The minimum atomic E-state index is -0.495. The lowest BCUT2D eigenvalue weighted by Crippen LogP contribution is -2.07. The van der Waals surface area contributed by atoms with E-state index in [0.717, 1.165) is 22.6 Å². The zero-order valence-electron chi connectivity index (χ0n) is 11.6. The number of benzene rings is 1. The van der Waals surface area contributed by atoms with Crippen LogP contribution in [0, 0.1) is 10.1 Å². The highest BCUT2D eigenvalue weighted by Gasteiger charge is 2.13. The van der Waals surface area contributed by atoms with Crippen LogP contribution in [0.1, 0.15) is 15.2 Å². The van der Waals surface area contributed by atoms with E-state index in [-0.39, 0.29) is 10.8 Å². The van der Waals surface area contributed by atoms with Gasteiger partial charge in [0, 0.05) is 25.8 Å². The number of carbonyl (C=O) groups is 1. The average Bonchev–Trinajstić information content (AvgIpc) is 2.95. The maximum absolute atomic E-state index is 11.9. The second kappa shape index (κ2) is 6.32. The summed E-state index contributed by atoms with van der Waals surface area (Å²) in [6.45, 7) is 0. The van der Waals surface area contributed by atoms with Gasteiger partial charge in [-0.05, 0) is 29.8 Å². The van der Waals surface area contributed by atoms with E-state index in [1.807, 2.05) is 43.3 Å². The van der Waals surface area contributed by atoms with Gasteiger partial charge in [0.05, 0.1) is 9.80 Å². The van der Waals surface area contributed by atoms with E-state index in [1.165, 1.54) is 18.2 Å². The molecule has 0 amide bonds. The van der Waals surface area contributed by atoms with Crippen LogP contribution in [0.15, 0.2) is 42.5 Å². The standard InChI is InChI=1S/C15H14N2O3S/c1-16(2)12-6-3-11(4-7-12)5-8-13(18)14-9-10-15(21-14)17(19)20/h3-10H,1-2H3. The van der Waals surface area contributed by atoms with Gasteiger partial charge in [0.1, 0.15) is 0 Å². The van der Waals surface area contributed by atoms with Crippen molar-refractivity contribution in [1.82, 2.24) is 0 Å². The summed E-state index contributed by atoms with van der Waals surface area (Å²) in [6, 6.07) is 10.6. The van der Waals surface area contributed by atoms with Gasteiger partial charge in [-0.3, -0.25) is 14.9 Å². The molecule has 1 aromatic heterocycles. The third-order valence-electron chi connectivity index (χ3n) is 2.85. The SMILES string of the molecule is CN(C)c1ccc(C=CC(=O)c2ccc([N+](=O)[O-])s2)cc1. The fourth-order valence-corrected chi connectivity index (χ4v) is 2.44. The number of thiophene rings is 1. The minimum Gasteiger partial charge on any atom is -0.378 e. The third-order valence-corrected chi connectivity index (χ3v) is 3.90. The van der Waals surface area contributed by atoms with Crippen molar-refractivity contribution in [3.05, 3.63) is 63.0 Å². The molecule has 2 rings (SSSR count). The van der Waals surface area contributed by atoms with Crippen LogP contribution in [0.2, 0.25) is 0 Å². The topological polar surface area (TPSA) is 63.5 Å². The summed E-state index contributed by atoms with van der Waals surface area (Å²) in [6.07, 6.45) is 3.13. The highest BCUT2D eigenvalue weighted by molar-refractivity contribution is 7.17. The van der Waals surface area contributed by atoms with Gasteiger partial charge >= 0.3 is 5.00 Å². The maximum atomic E-state index is 11.9. The van der Waals surface area contributed by atoms with Crippen LogP contribution in [0.3, 0.4) is 0 Å². The number of nitrogens with zero attached hydrogens (tertiary/aromatic N) is 2. The summed E-state index contributed by atoms with van der Waals surface area (Å²) in [5.41, 5.74) is 1.98. The quantitative estimate of drug-likeness (QED) is 0.366. The van der Waals surface area contributed by atoms with Crippen molar-refractivity contribution in [2.24, 2.45) is 0 Å². The Bertz CT molecular complexity index is 687. The number of rotatable bonds is 5. The Kier molecular flexibility index (Phi) is 4.49. The van der Waals surface area contributed by atoms with Gasteiger partial charge in [-0.2, -0.15) is 0 Å². The van der Waals surface area contributed by atoms with Gasteiger partial charge in [0.2, 0.25) is 0 Å². The molecule has 0 unspecified atom stereocenters. The molecular weight excluding hydrogens is 288 g/mol. The monoisotopic (exact) mass is 302 g/mol. The molecule has 6 heteroatoms. The maximum Gasteiger partial charge on any atom is 0.324 e. The molecule has 0 atom stereocenters. The van der Waals surface area contributed by atoms with Gasteiger partial charge in [-0.25, -0.2) is 0 Å². The molecule has 0 N–H and O–H groups in total. The Morgan fingerprint density at radius 3 is 2.38 bits per heavy atom. The molecular formula is C15H14N2O3S. The largest absolute Gasteiger partial charge is 0.378 e. The summed E-state index contributed by atoms with van der Waals surface area (Å²) >= 11 is 0.884. The summed E-state index contributed by atoms with van der Waals surface area (Å²) in [5, 5.41) is 10.6. The van der Waals surface area contributed by atoms with Crippen LogP contribution in [0.4, 0.5) is 10.7 Å². The van der Waals surface area contributed by atoms with Crippen molar-refractivity contribution >= 4 is 33.9 Å². The van der Waals surface area contributed by atoms with Crippen molar-refractivity contribution in [2.45, 2.75) is 0 Å². The first-order valence-electron chi connectivity index (χ1n) is 6.21. The molecule has 0 saturated heterocycles. The van der Waals surface area contributed by atoms with E-state index < -0.39 is 4.92 Å². The van der Waals surface area contributed by atoms with Crippen LogP contribution >= 0.6 is 11.3 Å². The van der Waals surface area contributed by atoms with Gasteiger partial charge in [-0.1, -0.05) is 29.5 Å². The number of hydrogen-bond donors (Lipinski definition) is 0. The lowest BCUT2D eigenvalue weighted by Gasteiger charge is -2.11. The van der Waals surface area contributed by atoms with Gasteiger partial charge in [-0.15, -0.1) is 0 Å². The Balaban J connectivity index is 2.09. The van der Waals surface area contributed by atoms with Crippen molar-refractivity contribution < 1.29 is 9.72 Å². The minimum absolute atomic E-state index is 0.0258. The van der Waals surface area contributed by atoms with Crippen LogP contribution in [0.25, 0.3) is 6.08 Å². The molecule has 108 valence electrons. The lowest BCUT2D eigenvalue weighted by molar-refractivity contribution is -0.380. The number of hydrogen-bond acceptors (Lipinski definition) is 5. The molecule has 0 radical (unpaired) electrons. The smallest absolute Gasteiger partial charge is 0.324 e. The second-order valence-corrected chi connectivity index (χ2v) is 5.64. The molecule has 0 aliphatic rings. The lowest BCUT2D eigenvalue weighted by atomic mass is 10.1. The van der Waals surface area contributed by atoms with E-state index in [4.69, 9.17) is 0 Å². The molecule has 0 spiro atoms. The van der Waals surface area contributed by atoms with E-state index in [2.05, 4.69) is 0 Å². The van der Waals surface area contributed by atoms with Gasteiger partial charge in [0.25, 0.3) is 0 Å². The van der Waals surface area contributed by atoms with Crippen molar-refractivity contribution in [3.63, 3.8) is 0 Å². The van der Waals surface area contributed by atoms with Crippen LogP contribution < -0.4 is 4.90 Å². The Morgan fingerprint density at radius 2 is 1.86 bits per heavy atom. The molecule has 21 heavy (non-hydrogen) atoms. The first-order valence-corrected chi connectivity index (χ1v) is 7.03. The summed E-state index contributed by atoms with van der Waals surface area (Å²) < 4.78 is 0. The molecule has 5 nitrogen and oxygen atoms in total. The summed E-state index contributed by atoms with van der Waals surface area (Å²) in [4.78, 5) is 24.4. The Hall–Kier alpha value is -2.47. The molecule has 0 saturated carbocycles. The molecule has 0 aliphatic heterocycles. The van der Waals surface area contributed by atoms with Crippen molar-refractivity contribution in [1.29, 1.82) is 0 Å². The third kappa shape index (κ3) is 3.76.